The third-order valence-corrected chi connectivity index (χ3v) is 2.04. The van der Waals surface area contributed by atoms with Crippen LogP contribution in [0.3, 0.4) is 0 Å². The lowest BCUT2D eigenvalue weighted by molar-refractivity contribution is -0.145. The number of hydrogen-bond acceptors (Lipinski definition) is 3. The van der Waals surface area contributed by atoms with Gasteiger partial charge in [-0.3, -0.25) is 4.40 Å². The Balaban J connectivity index is 2.86. The van der Waals surface area contributed by atoms with Crippen LogP contribution in [-0.4, -0.2) is 14.4 Å². The Morgan fingerprint density at radius 2 is 2.00 bits per heavy atom. The maximum atomic E-state index is 12.4. The standard InChI is InChI=1S/C9H6F3N3O/c1-5-3-2-4-15-6(5)13-7(9(10,11)12)14-8(15)16/h2-4H,1H3. The molecule has 0 radical (unpaired) electrons. The summed E-state index contributed by atoms with van der Waals surface area (Å²) in [6, 6.07) is 3.11. The van der Waals surface area contributed by atoms with Crippen LogP contribution in [0.1, 0.15) is 11.4 Å². The first-order valence-corrected chi connectivity index (χ1v) is 4.33. The summed E-state index contributed by atoms with van der Waals surface area (Å²) in [5.41, 5.74) is -0.539. The maximum Gasteiger partial charge on any atom is 0.451 e. The Labute approximate surface area is 87.4 Å². The highest BCUT2D eigenvalue weighted by Crippen LogP contribution is 2.25. The summed E-state index contributed by atoms with van der Waals surface area (Å²) in [7, 11) is 0. The van der Waals surface area contributed by atoms with Crippen LogP contribution in [0.5, 0.6) is 0 Å². The first kappa shape index (κ1) is 10.6. The van der Waals surface area contributed by atoms with E-state index in [1.807, 2.05) is 0 Å². The van der Waals surface area contributed by atoms with Crippen LogP contribution in [0.25, 0.3) is 5.65 Å². The maximum absolute atomic E-state index is 12.4. The first-order chi connectivity index (χ1) is 7.39. The summed E-state index contributed by atoms with van der Waals surface area (Å²) in [5, 5.41) is 0. The molecule has 2 aromatic heterocycles. The predicted molar refractivity (Wildman–Crippen MR) is 49.0 cm³/mol. The number of fused-ring (bicyclic) bond motifs is 1. The van der Waals surface area contributed by atoms with Gasteiger partial charge in [-0.05, 0) is 18.6 Å². The average molecular weight is 229 g/mol. The fourth-order valence-electron chi connectivity index (χ4n) is 1.30. The van der Waals surface area contributed by atoms with E-state index in [1.165, 1.54) is 6.20 Å². The zero-order valence-corrected chi connectivity index (χ0v) is 8.12. The molecule has 2 heterocycles. The molecule has 0 aliphatic rings. The molecular formula is C9H6F3N3O. The van der Waals surface area contributed by atoms with Crippen LogP contribution in [0.2, 0.25) is 0 Å². The van der Waals surface area contributed by atoms with Crippen molar-refractivity contribution in [1.29, 1.82) is 0 Å². The fraction of sp³-hybridized carbons (Fsp3) is 0.222. The molecule has 84 valence electrons. The van der Waals surface area contributed by atoms with E-state index >= 15 is 0 Å². The van der Waals surface area contributed by atoms with Crippen molar-refractivity contribution in [2.45, 2.75) is 13.1 Å². The summed E-state index contributed by atoms with van der Waals surface area (Å²) in [6.45, 7) is 1.57. The average Bonchev–Trinajstić information content (AvgIpc) is 2.18. The Hall–Kier alpha value is -1.92. The first-order valence-electron chi connectivity index (χ1n) is 4.33. The van der Waals surface area contributed by atoms with E-state index in [9.17, 15) is 18.0 Å². The molecule has 4 nitrogen and oxygen atoms in total. The second-order valence-electron chi connectivity index (χ2n) is 3.21. The second kappa shape index (κ2) is 3.29. The molecule has 0 bridgehead atoms. The number of pyridine rings is 1. The van der Waals surface area contributed by atoms with Crippen LogP contribution in [0.15, 0.2) is 23.1 Å². The third-order valence-electron chi connectivity index (χ3n) is 2.04. The highest BCUT2D eigenvalue weighted by molar-refractivity contribution is 5.45. The molecule has 16 heavy (non-hydrogen) atoms. The zero-order chi connectivity index (χ0) is 11.9. The Morgan fingerprint density at radius 3 is 2.62 bits per heavy atom. The smallest absolute Gasteiger partial charge is 0.251 e. The van der Waals surface area contributed by atoms with Crippen molar-refractivity contribution in [2.75, 3.05) is 0 Å². The molecular weight excluding hydrogens is 223 g/mol. The highest BCUT2D eigenvalue weighted by atomic mass is 19.4. The van der Waals surface area contributed by atoms with Crippen LogP contribution >= 0.6 is 0 Å². The predicted octanol–water partition coefficient (Wildman–Crippen LogP) is 1.42. The lowest BCUT2D eigenvalue weighted by Gasteiger charge is -2.06. The van der Waals surface area contributed by atoms with Gasteiger partial charge in [0.15, 0.2) is 0 Å². The number of hydrogen-bond donors (Lipinski definition) is 0. The Bertz CT molecular complexity index is 603. The second-order valence-corrected chi connectivity index (χ2v) is 3.21. The minimum Gasteiger partial charge on any atom is -0.251 e. The van der Waals surface area contributed by atoms with E-state index in [1.54, 1.807) is 19.1 Å². The van der Waals surface area contributed by atoms with Crippen LogP contribution < -0.4 is 5.69 Å². The van der Waals surface area contributed by atoms with Gasteiger partial charge in [0.1, 0.15) is 5.65 Å². The topological polar surface area (TPSA) is 47.3 Å². The summed E-state index contributed by atoms with van der Waals surface area (Å²) >= 11 is 0. The van der Waals surface area contributed by atoms with Crippen molar-refractivity contribution in [3.8, 4) is 0 Å². The Morgan fingerprint density at radius 1 is 1.31 bits per heavy atom. The zero-order valence-electron chi connectivity index (χ0n) is 8.12. The van der Waals surface area contributed by atoms with Gasteiger partial charge in [-0.25, -0.2) is 9.78 Å². The van der Waals surface area contributed by atoms with Gasteiger partial charge in [0.25, 0.3) is 0 Å². The lowest BCUT2D eigenvalue weighted by atomic mass is 10.3. The van der Waals surface area contributed by atoms with Crippen molar-refractivity contribution in [3.63, 3.8) is 0 Å². The summed E-state index contributed by atoms with van der Waals surface area (Å²) < 4.78 is 38.0. The monoisotopic (exact) mass is 229 g/mol. The van der Waals surface area contributed by atoms with Gasteiger partial charge in [-0.2, -0.15) is 18.2 Å². The van der Waals surface area contributed by atoms with Crippen LogP contribution in [-0.2, 0) is 6.18 Å². The highest BCUT2D eigenvalue weighted by Gasteiger charge is 2.35. The van der Waals surface area contributed by atoms with E-state index < -0.39 is 17.7 Å². The van der Waals surface area contributed by atoms with Crippen LogP contribution in [0.4, 0.5) is 13.2 Å². The van der Waals surface area contributed by atoms with E-state index in [0.29, 0.717) is 5.56 Å². The number of aryl methyl sites for hydroxylation is 1. The molecule has 0 fully saturated rings. The van der Waals surface area contributed by atoms with Gasteiger partial charge in [0.2, 0.25) is 5.82 Å². The largest absolute Gasteiger partial charge is 0.451 e. The number of aromatic nitrogens is 3. The summed E-state index contributed by atoms with van der Waals surface area (Å²) in [5.74, 6) is -1.41. The summed E-state index contributed by atoms with van der Waals surface area (Å²) in [6.07, 6.45) is -3.39. The Kier molecular flexibility index (Phi) is 2.18. The molecule has 0 N–H and O–H groups in total. The van der Waals surface area contributed by atoms with Gasteiger partial charge in [0.05, 0.1) is 0 Å². The van der Waals surface area contributed by atoms with Crippen molar-refractivity contribution in [1.82, 2.24) is 14.4 Å². The molecule has 2 aromatic rings. The molecule has 0 aliphatic carbocycles. The van der Waals surface area contributed by atoms with Gasteiger partial charge >= 0.3 is 11.9 Å². The van der Waals surface area contributed by atoms with Crippen molar-refractivity contribution >= 4 is 5.65 Å². The molecule has 2 rings (SSSR count). The van der Waals surface area contributed by atoms with Crippen molar-refractivity contribution in [2.24, 2.45) is 0 Å². The van der Waals surface area contributed by atoms with Gasteiger partial charge in [0, 0.05) is 6.20 Å². The number of nitrogens with zero attached hydrogens (tertiary/aromatic N) is 3. The molecule has 0 spiro atoms. The minimum absolute atomic E-state index is 0.0326. The summed E-state index contributed by atoms with van der Waals surface area (Å²) in [4.78, 5) is 17.5. The van der Waals surface area contributed by atoms with Crippen molar-refractivity contribution in [3.05, 3.63) is 40.2 Å². The number of halogens is 3. The number of alkyl halides is 3. The molecule has 7 heteroatoms. The van der Waals surface area contributed by atoms with Crippen LogP contribution in [0, 0.1) is 6.92 Å². The number of rotatable bonds is 0. The van der Waals surface area contributed by atoms with E-state index in [0.717, 1.165) is 4.40 Å². The van der Waals surface area contributed by atoms with Crippen molar-refractivity contribution < 1.29 is 13.2 Å². The van der Waals surface area contributed by atoms with E-state index in [2.05, 4.69) is 9.97 Å². The van der Waals surface area contributed by atoms with E-state index in [4.69, 9.17) is 0 Å². The van der Waals surface area contributed by atoms with Gasteiger partial charge < -0.3 is 0 Å². The fourth-order valence-corrected chi connectivity index (χ4v) is 1.30. The molecule has 0 aliphatic heterocycles. The molecule has 0 amide bonds. The normalized spacial score (nSPS) is 12.0. The molecule has 0 saturated carbocycles. The third kappa shape index (κ3) is 1.64. The van der Waals surface area contributed by atoms with Gasteiger partial charge in [-0.15, -0.1) is 0 Å². The molecule has 0 unspecified atom stereocenters. The quantitative estimate of drug-likeness (QED) is 0.686. The minimum atomic E-state index is -4.71. The lowest BCUT2D eigenvalue weighted by Crippen LogP contribution is -2.25. The molecule has 0 aromatic carbocycles. The molecule has 0 saturated heterocycles. The van der Waals surface area contributed by atoms with E-state index in [-0.39, 0.29) is 5.65 Å². The van der Waals surface area contributed by atoms with Gasteiger partial charge in [-0.1, -0.05) is 6.07 Å². The molecule has 0 atom stereocenters. The SMILES string of the molecule is Cc1cccn2c(=O)nc(C(F)(F)F)nc12.